The first-order valence-electron chi connectivity index (χ1n) is 35.4. The molecule has 10 rings (SSSR count). The lowest BCUT2D eigenvalue weighted by atomic mass is 9.38. The third-order valence-electron chi connectivity index (χ3n) is 25.5. The first-order valence-corrected chi connectivity index (χ1v) is 35.4. The van der Waals surface area contributed by atoms with Crippen LogP contribution in [0.2, 0.25) is 0 Å². The van der Waals surface area contributed by atoms with Gasteiger partial charge in [0, 0.05) is 23.4 Å². The molecule has 5 saturated heterocycles. The average Bonchev–Trinajstić information content (AvgIpc) is 1.33. The zero-order chi connectivity index (χ0) is 73.5. The molecular weight excluding hydrogens is 1330 g/mol. The molecule has 100 heavy (non-hydrogen) atoms. The van der Waals surface area contributed by atoms with E-state index in [4.69, 9.17) is 52.1 Å². The van der Waals surface area contributed by atoms with E-state index >= 15 is 0 Å². The SMILES string of the molecule is C[C@H](CC[C@@H](O[C@@H]1O[C@H](CO[C@@H]2O[C@H](CO)[C@@H](O)[C@H](O)[C@H]2O)[C@@H](O)[C@H](O)[C@H]1O[C@H]1O[C@@H](CO)[C@H](O)[C@@H](O)[C@@H]1O)C(C)(C)O)C1CC[C@@]2(C)C3CC=C4C(CC[C@H](O[C@@H]5O[C@H](CO[C@@H]6O[C@H](CO)[C@@H](O)[C@H](O)[C@H]6O)[C@@H](O)[C@H](O)[C@H]5O[C@H]5C[C@@H](CO)[C@H](O)[C@@H](O)[C@@H]5O)C4(C)C)[C@]3(C)[C@H](O)C[C@]12C. The lowest BCUT2D eigenvalue weighted by molar-refractivity contribution is -0.380. The molecule has 5 aliphatic carbocycles. The number of rotatable bonds is 23. The Morgan fingerprint density at radius 3 is 1.47 bits per heavy atom. The van der Waals surface area contributed by atoms with E-state index in [-0.39, 0.29) is 41.9 Å². The highest BCUT2D eigenvalue weighted by molar-refractivity contribution is 5.32. The lowest BCUT2D eigenvalue weighted by Gasteiger charge is -2.67. The van der Waals surface area contributed by atoms with E-state index in [0.29, 0.717) is 32.1 Å². The molecule has 0 amide bonds. The van der Waals surface area contributed by atoms with Gasteiger partial charge in [-0.1, -0.05) is 53.2 Å². The van der Waals surface area contributed by atoms with Gasteiger partial charge in [0.15, 0.2) is 31.5 Å². The Labute approximate surface area is 580 Å². The molecule has 33 heteroatoms. The summed E-state index contributed by atoms with van der Waals surface area (Å²) in [6.07, 6.45) is -45.7. The minimum absolute atomic E-state index is 0.0164. The van der Waals surface area contributed by atoms with Crippen LogP contribution in [-0.4, -0.2) is 354 Å². The fraction of sp³-hybridized carbons (Fsp3) is 0.970. The summed E-state index contributed by atoms with van der Waals surface area (Å²) >= 11 is 0. The zero-order valence-corrected chi connectivity index (χ0v) is 57.9. The molecule has 9 fully saturated rings. The first kappa shape index (κ1) is 80.9. The maximum atomic E-state index is 13.0. The smallest absolute Gasteiger partial charge is 0.187 e. The van der Waals surface area contributed by atoms with Gasteiger partial charge in [-0.2, -0.15) is 0 Å². The minimum Gasteiger partial charge on any atom is -0.396 e. The number of aliphatic hydroxyl groups excluding tert-OH is 21. The Hall–Kier alpha value is -1.58. The second-order valence-electron chi connectivity index (χ2n) is 32.0. The topological polar surface area (TPSA) is 547 Å². The fourth-order valence-corrected chi connectivity index (χ4v) is 18.9. The first-order chi connectivity index (χ1) is 46.9. The molecule has 10 aliphatic rings. The van der Waals surface area contributed by atoms with Gasteiger partial charge in [-0.15, -0.1) is 0 Å². The quantitative estimate of drug-likeness (QED) is 0.0423. The molecule has 0 spiro atoms. The Bertz CT molecular complexity index is 2670. The monoisotopic (exact) mass is 1450 g/mol. The maximum Gasteiger partial charge on any atom is 0.187 e. The van der Waals surface area contributed by atoms with E-state index in [2.05, 4.69) is 33.8 Å². The third kappa shape index (κ3) is 14.8. The standard InChI is InChI=1S/C67H114O33/c1-25(9-13-39(64(4,5)89)99-62-57(100-60-55(88)50(83)44(77)33(22-71)95-60)52(85)46(79)35(97-62)24-91-59-54(87)49(82)43(76)32(21-70)94-59)27-15-16-65(6)36-12-10-28-29(67(36,8)37(72)18-66(27,65)7)11-14-38(63(28,2)3)98-61-56(92-30-17-26(19-68)40(73)47(80)41(30)74)51(84)45(78)34(96-61)23-90-58-53(86)48(81)42(75)31(20-69)93-58/h10,25-27,29-62,68-89H,9,11-24H2,1-8H3/t25-,26+,27?,29?,30+,31-,32-,33+,34-,35-,36?,37-,38+,39-,40+,41-,42-,43-,44+,45-,46-,47-,48+,49+,50-,51+,52+,53-,54-,55+,56-,57-,58-,59-,60-,61+,62+,65+,66-,67+/m1/s1. The van der Waals surface area contributed by atoms with Gasteiger partial charge in [-0.05, 0) is 106 Å². The van der Waals surface area contributed by atoms with Crippen LogP contribution in [0.25, 0.3) is 0 Å². The number of allylic oxidation sites excluding steroid dienone is 1. The molecule has 0 bridgehead atoms. The zero-order valence-electron chi connectivity index (χ0n) is 57.9. The highest BCUT2D eigenvalue weighted by atomic mass is 16.8. The molecule has 3 unspecified atom stereocenters. The van der Waals surface area contributed by atoms with E-state index in [1.165, 1.54) is 13.8 Å². The molecule has 33 nitrogen and oxygen atoms in total. The van der Waals surface area contributed by atoms with Crippen LogP contribution < -0.4 is 0 Å². The molecular formula is C67H114O33. The van der Waals surface area contributed by atoms with Crippen molar-refractivity contribution in [1.29, 1.82) is 0 Å². The van der Waals surface area contributed by atoms with Crippen molar-refractivity contribution in [2.45, 2.75) is 315 Å². The lowest BCUT2D eigenvalue weighted by Crippen LogP contribution is -2.66. The van der Waals surface area contributed by atoms with Crippen LogP contribution in [0.4, 0.5) is 0 Å². The van der Waals surface area contributed by atoms with Crippen LogP contribution in [0.1, 0.15) is 113 Å². The summed E-state index contributed by atoms with van der Waals surface area (Å²) in [6.45, 7) is 11.6. The Balaban J connectivity index is 0.853. The molecule has 22 N–H and O–H groups in total. The van der Waals surface area contributed by atoms with Gasteiger partial charge in [-0.25, -0.2) is 0 Å². The van der Waals surface area contributed by atoms with Crippen molar-refractivity contribution in [3.63, 3.8) is 0 Å². The van der Waals surface area contributed by atoms with E-state index in [1.54, 1.807) is 0 Å². The van der Waals surface area contributed by atoms with Crippen molar-refractivity contribution in [1.82, 2.24) is 0 Å². The number of hydrogen-bond donors (Lipinski definition) is 22. The van der Waals surface area contributed by atoms with Gasteiger partial charge in [0.25, 0.3) is 0 Å². The largest absolute Gasteiger partial charge is 0.396 e. The molecule has 0 aromatic carbocycles. The van der Waals surface area contributed by atoms with Crippen LogP contribution in [0.3, 0.4) is 0 Å². The van der Waals surface area contributed by atoms with Gasteiger partial charge < -0.3 is 164 Å². The summed E-state index contributed by atoms with van der Waals surface area (Å²) < 4.78 is 66.7. The molecule has 5 heterocycles. The van der Waals surface area contributed by atoms with Crippen molar-refractivity contribution < 1.29 is 164 Å². The predicted molar refractivity (Wildman–Crippen MR) is 336 cm³/mol. The van der Waals surface area contributed by atoms with Crippen LogP contribution in [0.5, 0.6) is 0 Å². The van der Waals surface area contributed by atoms with E-state index in [1.807, 2.05) is 13.8 Å². The third-order valence-corrected chi connectivity index (χ3v) is 25.5. The van der Waals surface area contributed by atoms with E-state index in [9.17, 15) is 112 Å². The molecule has 0 aromatic heterocycles. The van der Waals surface area contributed by atoms with Gasteiger partial charge in [0.1, 0.15) is 134 Å². The van der Waals surface area contributed by atoms with Gasteiger partial charge in [-0.3, -0.25) is 0 Å². The fourth-order valence-electron chi connectivity index (χ4n) is 18.9. The summed E-state index contributed by atoms with van der Waals surface area (Å²) in [6, 6.07) is 0. The van der Waals surface area contributed by atoms with Crippen LogP contribution in [0.15, 0.2) is 11.6 Å². The van der Waals surface area contributed by atoms with Crippen molar-refractivity contribution in [2.75, 3.05) is 39.6 Å². The summed E-state index contributed by atoms with van der Waals surface area (Å²) in [5.41, 5.74) is -2.93. The predicted octanol–water partition coefficient (Wildman–Crippen LogP) is -6.92. The van der Waals surface area contributed by atoms with Crippen LogP contribution in [0, 0.1) is 51.2 Å². The summed E-state index contributed by atoms with van der Waals surface area (Å²) in [5.74, 6) is -1.22. The Kier molecular flexibility index (Phi) is 25.5. The average molecular weight is 1450 g/mol. The van der Waals surface area contributed by atoms with E-state index in [0.717, 1.165) is 18.4 Å². The van der Waals surface area contributed by atoms with Crippen molar-refractivity contribution >= 4 is 0 Å². The number of hydrogen-bond acceptors (Lipinski definition) is 33. The summed E-state index contributed by atoms with van der Waals surface area (Å²) in [7, 11) is 0. The van der Waals surface area contributed by atoms with E-state index < -0.39 is 264 Å². The van der Waals surface area contributed by atoms with Gasteiger partial charge in [0.05, 0.1) is 69.2 Å². The summed E-state index contributed by atoms with van der Waals surface area (Å²) in [4.78, 5) is 0. The highest BCUT2D eigenvalue weighted by Crippen LogP contribution is 2.75. The highest BCUT2D eigenvalue weighted by Gasteiger charge is 2.71. The van der Waals surface area contributed by atoms with Crippen LogP contribution >= 0.6 is 0 Å². The normalized spacial score (nSPS) is 52.1. The Morgan fingerprint density at radius 2 is 0.960 bits per heavy atom. The molecule has 0 radical (unpaired) electrons. The second kappa shape index (κ2) is 31.6. The molecule has 5 aliphatic heterocycles. The summed E-state index contributed by atoms with van der Waals surface area (Å²) in [5, 5.41) is 240. The van der Waals surface area contributed by atoms with Crippen molar-refractivity contribution in [2.24, 2.45) is 51.2 Å². The van der Waals surface area contributed by atoms with Gasteiger partial charge in [0.2, 0.25) is 0 Å². The minimum atomic E-state index is -1.98. The van der Waals surface area contributed by atoms with Crippen molar-refractivity contribution in [3.8, 4) is 0 Å². The Morgan fingerprint density at radius 1 is 0.490 bits per heavy atom. The number of fused-ring (bicyclic) bond motifs is 5. The molecule has 0 aromatic rings. The van der Waals surface area contributed by atoms with Gasteiger partial charge >= 0.3 is 0 Å². The maximum absolute atomic E-state index is 13.0. The molecule has 4 saturated carbocycles. The van der Waals surface area contributed by atoms with Crippen molar-refractivity contribution in [3.05, 3.63) is 11.6 Å². The van der Waals surface area contributed by atoms with Crippen LogP contribution in [-0.2, 0) is 52.1 Å². The second-order valence-corrected chi connectivity index (χ2v) is 32.0. The number of ether oxygens (including phenoxy) is 11. The molecule has 580 valence electrons. The molecule has 40 atom stereocenters. The number of aliphatic hydroxyl groups is 22.